The summed E-state index contributed by atoms with van der Waals surface area (Å²) in [6.07, 6.45) is 2.40. The van der Waals surface area contributed by atoms with E-state index in [2.05, 4.69) is 12.2 Å². The molecule has 2 rings (SSSR count). The summed E-state index contributed by atoms with van der Waals surface area (Å²) in [5.74, 6) is 0.518. The highest BCUT2D eigenvalue weighted by Crippen LogP contribution is 2.30. The van der Waals surface area contributed by atoms with Gasteiger partial charge in [-0.2, -0.15) is 0 Å². The SMILES string of the molecule is CC1(CNC2CCS(=O)(=O)C2)CCCN(C(=O)OC(C)(C)C)C1. The summed E-state index contributed by atoms with van der Waals surface area (Å²) >= 11 is 0. The van der Waals surface area contributed by atoms with Gasteiger partial charge >= 0.3 is 6.09 Å². The summed E-state index contributed by atoms with van der Waals surface area (Å²) in [6, 6.07) is 0.0497. The monoisotopic (exact) mass is 346 g/mol. The molecule has 2 fully saturated rings. The highest BCUT2D eigenvalue weighted by atomic mass is 32.2. The fourth-order valence-electron chi connectivity index (χ4n) is 3.29. The molecule has 2 heterocycles. The molecular weight excluding hydrogens is 316 g/mol. The average molecular weight is 346 g/mol. The lowest BCUT2D eigenvalue weighted by molar-refractivity contribution is 0.00656. The molecule has 0 spiro atoms. The Hall–Kier alpha value is -0.820. The van der Waals surface area contributed by atoms with Crippen LogP contribution in [-0.2, 0) is 14.6 Å². The van der Waals surface area contributed by atoms with E-state index in [1.165, 1.54) is 0 Å². The number of hydrogen-bond acceptors (Lipinski definition) is 5. The number of carbonyl (C=O) groups is 1. The van der Waals surface area contributed by atoms with E-state index in [0.29, 0.717) is 13.0 Å². The van der Waals surface area contributed by atoms with Gasteiger partial charge in [0.25, 0.3) is 0 Å². The minimum absolute atomic E-state index is 0.0402. The first kappa shape index (κ1) is 18.5. The molecule has 2 aliphatic rings. The van der Waals surface area contributed by atoms with Gasteiger partial charge in [-0.25, -0.2) is 13.2 Å². The molecule has 6 nitrogen and oxygen atoms in total. The van der Waals surface area contributed by atoms with Crippen LogP contribution in [0.5, 0.6) is 0 Å². The van der Waals surface area contributed by atoms with Crippen molar-refractivity contribution in [2.24, 2.45) is 5.41 Å². The highest BCUT2D eigenvalue weighted by Gasteiger charge is 2.36. The van der Waals surface area contributed by atoms with Crippen LogP contribution in [0.25, 0.3) is 0 Å². The molecule has 134 valence electrons. The molecule has 0 aromatic rings. The zero-order valence-corrected chi connectivity index (χ0v) is 15.5. The molecule has 1 N–H and O–H groups in total. The van der Waals surface area contributed by atoms with E-state index >= 15 is 0 Å². The molecule has 23 heavy (non-hydrogen) atoms. The van der Waals surface area contributed by atoms with Crippen LogP contribution < -0.4 is 5.32 Å². The third-order valence-electron chi connectivity index (χ3n) is 4.48. The standard InChI is InChI=1S/C16H30N2O4S/c1-15(2,3)22-14(19)18-8-5-7-16(4,12-18)11-17-13-6-9-23(20,21)10-13/h13,17H,5-12H2,1-4H3. The molecular formula is C16H30N2O4S. The number of rotatable bonds is 3. The fourth-order valence-corrected chi connectivity index (χ4v) is 5.00. The van der Waals surface area contributed by atoms with Crippen molar-refractivity contribution in [2.75, 3.05) is 31.1 Å². The first-order valence-electron chi connectivity index (χ1n) is 8.40. The van der Waals surface area contributed by atoms with Crippen molar-refractivity contribution in [3.63, 3.8) is 0 Å². The zero-order valence-electron chi connectivity index (χ0n) is 14.7. The average Bonchev–Trinajstić information content (AvgIpc) is 2.74. The molecule has 2 unspecified atom stereocenters. The Bertz CT molecular complexity index is 541. The Morgan fingerprint density at radius 2 is 2.09 bits per heavy atom. The summed E-state index contributed by atoms with van der Waals surface area (Å²) in [4.78, 5) is 14.0. The molecule has 0 saturated carbocycles. The Balaban J connectivity index is 1.87. The summed E-state index contributed by atoms with van der Waals surface area (Å²) < 4.78 is 28.5. The van der Waals surface area contributed by atoms with Gasteiger partial charge in [0, 0.05) is 25.7 Å². The van der Waals surface area contributed by atoms with Crippen molar-refractivity contribution >= 4 is 15.9 Å². The number of carbonyl (C=O) groups excluding carboxylic acids is 1. The topological polar surface area (TPSA) is 75.7 Å². The molecule has 7 heteroatoms. The third-order valence-corrected chi connectivity index (χ3v) is 6.25. The van der Waals surface area contributed by atoms with E-state index < -0.39 is 15.4 Å². The lowest BCUT2D eigenvalue weighted by atomic mass is 9.81. The summed E-state index contributed by atoms with van der Waals surface area (Å²) in [6.45, 7) is 9.87. The van der Waals surface area contributed by atoms with Gasteiger partial charge in [0.15, 0.2) is 9.84 Å². The maximum Gasteiger partial charge on any atom is 0.410 e. The summed E-state index contributed by atoms with van der Waals surface area (Å²) in [5.41, 5.74) is -0.525. The van der Waals surface area contributed by atoms with E-state index in [1.807, 2.05) is 20.8 Å². The van der Waals surface area contributed by atoms with E-state index in [0.717, 1.165) is 25.9 Å². The van der Waals surface area contributed by atoms with Gasteiger partial charge in [-0.1, -0.05) is 6.92 Å². The summed E-state index contributed by atoms with van der Waals surface area (Å²) in [7, 11) is -2.86. The first-order chi connectivity index (χ1) is 10.5. The number of likely N-dealkylation sites (tertiary alicyclic amines) is 1. The van der Waals surface area contributed by atoms with Crippen LogP contribution >= 0.6 is 0 Å². The minimum atomic E-state index is -2.86. The third kappa shape index (κ3) is 5.64. The van der Waals surface area contributed by atoms with Crippen LogP contribution in [-0.4, -0.2) is 62.2 Å². The van der Waals surface area contributed by atoms with Gasteiger partial charge in [-0.05, 0) is 45.4 Å². The molecule has 0 aliphatic carbocycles. The first-order valence-corrected chi connectivity index (χ1v) is 10.2. The molecule has 2 aliphatic heterocycles. The molecule has 1 amide bonds. The molecule has 0 aromatic carbocycles. The lowest BCUT2D eigenvalue weighted by Gasteiger charge is -2.41. The largest absolute Gasteiger partial charge is 0.444 e. The van der Waals surface area contributed by atoms with E-state index in [4.69, 9.17) is 4.74 Å². The van der Waals surface area contributed by atoms with Crippen LogP contribution in [0.1, 0.15) is 47.0 Å². The van der Waals surface area contributed by atoms with E-state index in [-0.39, 0.29) is 29.1 Å². The number of nitrogens with zero attached hydrogens (tertiary/aromatic N) is 1. The maximum absolute atomic E-state index is 12.3. The van der Waals surface area contributed by atoms with Crippen molar-refractivity contribution in [1.82, 2.24) is 10.2 Å². The molecule has 0 aromatic heterocycles. The van der Waals surface area contributed by atoms with Crippen molar-refractivity contribution < 1.29 is 17.9 Å². The van der Waals surface area contributed by atoms with E-state index in [9.17, 15) is 13.2 Å². The van der Waals surface area contributed by atoms with Gasteiger partial charge in [0.05, 0.1) is 11.5 Å². The van der Waals surface area contributed by atoms with Crippen LogP contribution in [0, 0.1) is 5.41 Å². The van der Waals surface area contributed by atoms with Gasteiger partial charge in [-0.15, -0.1) is 0 Å². The highest BCUT2D eigenvalue weighted by molar-refractivity contribution is 7.91. The van der Waals surface area contributed by atoms with Gasteiger partial charge in [0.2, 0.25) is 0 Å². The van der Waals surface area contributed by atoms with Crippen molar-refractivity contribution in [3.05, 3.63) is 0 Å². The summed E-state index contributed by atoms with van der Waals surface area (Å²) in [5, 5.41) is 3.40. The Morgan fingerprint density at radius 3 is 2.65 bits per heavy atom. The Labute approximate surface area is 139 Å². The van der Waals surface area contributed by atoms with Gasteiger partial charge in [0.1, 0.15) is 5.60 Å². The maximum atomic E-state index is 12.3. The predicted octanol–water partition coefficient (Wildman–Crippen LogP) is 1.80. The van der Waals surface area contributed by atoms with Crippen LogP contribution in [0.2, 0.25) is 0 Å². The minimum Gasteiger partial charge on any atom is -0.444 e. The zero-order chi connectivity index (χ0) is 17.3. The lowest BCUT2D eigenvalue weighted by Crippen LogP contribution is -2.51. The molecule has 2 saturated heterocycles. The quantitative estimate of drug-likeness (QED) is 0.843. The number of sulfone groups is 1. The van der Waals surface area contributed by atoms with Gasteiger partial charge < -0.3 is 15.0 Å². The van der Waals surface area contributed by atoms with Crippen LogP contribution in [0.15, 0.2) is 0 Å². The molecule has 2 atom stereocenters. The van der Waals surface area contributed by atoms with E-state index in [1.54, 1.807) is 4.90 Å². The van der Waals surface area contributed by atoms with Crippen LogP contribution in [0.3, 0.4) is 0 Å². The molecule has 0 radical (unpaired) electrons. The van der Waals surface area contributed by atoms with Crippen molar-refractivity contribution in [3.8, 4) is 0 Å². The van der Waals surface area contributed by atoms with Crippen molar-refractivity contribution in [2.45, 2.75) is 58.6 Å². The number of amides is 1. The van der Waals surface area contributed by atoms with Crippen LogP contribution in [0.4, 0.5) is 4.79 Å². The number of piperidine rings is 1. The number of ether oxygens (including phenoxy) is 1. The molecule has 0 bridgehead atoms. The fraction of sp³-hybridized carbons (Fsp3) is 0.938. The second-order valence-electron chi connectivity index (χ2n) is 8.30. The predicted molar refractivity (Wildman–Crippen MR) is 90.2 cm³/mol. The number of hydrogen-bond donors (Lipinski definition) is 1. The van der Waals surface area contributed by atoms with Gasteiger partial charge in [-0.3, -0.25) is 0 Å². The second kappa shape index (κ2) is 6.59. The Morgan fingerprint density at radius 1 is 1.39 bits per heavy atom. The van der Waals surface area contributed by atoms with Crippen molar-refractivity contribution in [1.29, 1.82) is 0 Å². The second-order valence-corrected chi connectivity index (χ2v) is 10.5. The normalized spacial score (nSPS) is 31.1. The Kier molecular flexibility index (Phi) is 5.31. The number of nitrogens with one attached hydrogen (secondary N) is 1. The smallest absolute Gasteiger partial charge is 0.410 e.